The highest BCUT2D eigenvalue weighted by Crippen LogP contribution is 2.37. The van der Waals surface area contributed by atoms with Crippen LogP contribution in [0.3, 0.4) is 0 Å². The van der Waals surface area contributed by atoms with Crippen molar-refractivity contribution in [2.45, 2.75) is 32.2 Å². The lowest BCUT2D eigenvalue weighted by Gasteiger charge is -2.31. The summed E-state index contributed by atoms with van der Waals surface area (Å²) in [6.07, 6.45) is 0. The molecule has 1 aromatic carbocycles. The normalized spacial score (nSPS) is 24.4. The number of hydrogen-bond donors (Lipinski definition) is 0. The Labute approximate surface area is 132 Å². The van der Waals surface area contributed by atoms with Crippen LogP contribution in [0.15, 0.2) is 27.1 Å². The second-order valence-corrected chi connectivity index (χ2v) is 7.95. The van der Waals surface area contributed by atoms with Crippen LogP contribution < -0.4 is 0 Å². The van der Waals surface area contributed by atoms with Crippen molar-refractivity contribution in [2.75, 3.05) is 13.1 Å². The smallest absolute Gasteiger partial charge is 0.0676 e. The van der Waals surface area contributed by atoms with Gasteiger partial charge in [0, 0.05) is 33.5 Å². The van der Waals surface area contributed by atoms with Crippen LogP contribution in [-0.2, 0) is 0 Å². The SMILES string of the molecule is CC(C)(C)N1C[C@@H](C#N)[C@H](c2cc(Br)cc(Br)c2)C1. The second kappa shape index (κ2) is 5.55. The van der Waals surface area contributed by atoms with Gasteiger partial charge in [0.1, 0.15) is 0 Å². The maximum absolute atomic E-state index is 9.42. The van der Waals surface area contributed by atoms with Crippen LogP contribution >= 0.6 is 31.9 Å². The summed E-state index contributed by atoms with van der Waals surface area (Å²) >= 11 is 7.06. The average Bonchev–Trinajstić information content (AvgIpc) is 2.71. The molecular weight excluding hydrogens is 368 g/mol. The number of halogens is 2. The first-order valence-electron chi connectivity index (χ1n) is 6.42. The molecule has 1 aliphatic heterocycles. The number of nitriles is 1. The number of rotatable bonds is 1. The Morgan fingerprint density at radius 1 is 1.16 bits per heavy atom. The van der Waals surface area contributed by atoms with Gasteiger partial charge in [-0.25, -0.2) is 0 Å². The molecule has 2 atom stereocenters. The molecule has 19 heavy (non-hydrogen) atoms. The predicted molar refractivity (Wildman–Crippen MR) is 85.0 cm³/mol. The molecule has 4 heteroatoms. The van der Waals surface area contributed by atoms with E-state index in [2.05, 4.69) is 75.7 Å². The lowest BCUT2D eigenvalue weighted by atomic mass is 9.90. The van der Waals surface area contributed by atoms with Gasteiger partial charge in [0.2, 0.25) is 0 Å². The quantitative estimate of drug-likeness (QED) is 0.708. The van der Waals surface area contributed by atoms with Crippen molar-refractivity contribution in [3.63, 3.8) is 0 Å². The molecule has 0 aromatic heterocycles. The summed E-state index contributed by atoms with van der Waals surface area (Å²) < 4.78 is 2.12. The Hall–Kier alpha value is -0.370. The van der Waals surface area contributed by atoms with Crippen molar-refractivity contribution in [2.24, 2.45) is 5.92 Å². The van der Waals surface area contributed by atoms with Crippen LogP contribution in [0.4, 0.5) is 0 Å². The molecular formula is C15H18Br2N2. The van der Waals surface area contributed by atoms with Crippen molar-refractivity contribution in [1.82, 2.24) is 4.90 Å². The van der Waals surface area contributed by atoms with Crippen molar-refractivity contribution in [3.05, 3.63) is 32.7 Å². The van der Waals surface area contributed by atoms with Gasteiger partial charge < -0.3 is 0 Å². The van der Waals surface area contributed by atoms with Gasteiger partial charge in [0.15, 0.2) is 0 Å². The largest absolute Gasteiger partial charge is 0.297 e. The minimum Gasteiger partial charge on any atom is -0.297 e. The summed E-state index contributed by atoms with van der Waals surface area (Å²) in [6, 6.07) is 8.77. The molecule has 0 radical (unpaired) electrons. The lowest BCUT2D eigenvalue weighted by Crippen LogP contribution is -2.39. The van der Waals surface area contributed by atoms with Gasteiger partial charge in [0.25, 0.3) is 0 Å². The molecule has 1 saturated heterocycles. The van der Waals surface area contributed by atoms with Crippen LogP contribution in [-0.4, -0.2) is 23.5 Å². The molecule has 0 saturated carbocycles. The highest BCUT2D eigenvalue weighted by Gasteiger charge is 2.38. The molecule has 0 amide bonds. The summed E-state index contributed by atoms with van der Waals surface area (Å²) in [6.45, 7) is 8.43. The minimum absolute atomic E-state index is 0.0698. The van der Waals surface area contributed by atoms with Gasteiger partial charge in [-0.1, -0.05) is 31.9 Å². The zero-order valence-corrected chi connectivity index (χ0v) is 14.6. The standard InChI is InChI=1S/C15H18Br2N2/c1-15(2,3)19-8-11(7-18)14(9-19)10-4-12(16)6-13(17)5-10/h4-6,11,14H,8-9H2,1-3H3/t11-,14+/m1/s1. The first kappa shape index (κ1) is 15.0. The average molecular weight is 386 g/mol. The fourth-order valence-corrected chi connectivity index (χ4v) is 3.94. The van der Waals surface area contributed by atoms with Crippen molar-refractivity contribution >= 4 is 31.9 Å². The molecule has 102 valence electrons. The fourth-order valence-electron chi connectivity index (χ4n) is 2.61. The van der Waals surface area contributed by atoms with E-state index in [1.54, 1.807) is 0 Å². The molecule has 1 heterocycles. The van der Waals surface area contributed by atoms with E-state index in [4.69, 9.17) is 0 Å². The highest BCUT2D eigenvalue weighted by molar-refractivity contribution is 9.11. The third-order valence-electron chi connectivity index (χ3n) is 3.75. The van der Waals surface area contributed by atoms with Crippen LogP contribution in [0.2, 0.25) is 0 Å². The number of benzene rings is 1. The summed E-state index contributed by atoms with van der Waals surface area (Å²) in [7, 11) is 0. The van der Waals surface area contributed by atoms with Crippen molar-refractivity contribution in [3.8, 4) is 6.07 Å². The number of nitrogens with zero attached hydrogens (tertiary/aromatic N) is 2. The fraction of sp³-hybridized carbons (Fsp3) is 0.533. The van der Waals surface area contributed by atoms with Crippen LogP contribution in [0.1, 0.15) is 32.3 Å². The van der Waals surface area contributed by atoms with Gasteiger partial charge in [-0.05, 0) is 44.5 Å². The molecule has 1 aromatic rings. The van der Waals surface area contributed by atoms with E-state index in [0.717, 1.165) is 22.0 Å². The molecule has 1 aliphatic rings. The second-order valence-electron chi connectivity index (χ2n) is 6.12. The Morgan fingerprint density at radius 2 is 1.74 bits per heavy atom. The van der Waals surface area contributed by atoms with Gasteiger partial charge in [-0.3, -0.25) is 4.90 Å². The molecule has 0 unspecified atom stereocenters. The molecule has 2 nitrogen and oxygen atoms in total. The van der Waals surface area contributed by atoms with E-state index in [1.165, 1.54) is 5.56 Å². The maximum atomic E-state index is 9.42. The Morgan fingerprint density at radius 3 is 2.21 bits per heavy atom. The van der Waals surface area contributed by atoms with Crippen molar-refractivity contribution < 1.29 is 0 Å². The molecule has 0 spiro atoms. The first-order valence-corrected chi connectivity index (χ1v) is 8.00. The van der Waals surface area contributed by atoms with Gasteiger partial charge in [0.05, 0.1) is 12.0 Å². The Kier molecular flexibility index (Phi) is 4.39. The Balaban J connectivity index is 2.31. The molecule has 1 fully saturated rings. The number of hydrogen-bond acceptors (Lipinski definition) is 2. The zero-order chi connectivity index (χ0) is 14.2. The summed E-state index contributed by atoms with van der Waals surface area (Å²) in [4.78, 5) is 2.40. The molecule has 0 aliphatic carbocycles. The molecule has 2 rings (SSSR count). The monoisotopic (exact) mass is 384 g/mol. The van der Waals surface area contributed by atoms with Crippen molar-refractivity contribution in [1.29, 1.82) is 5.26 Å². The Bertz CT molecular complexity index is 494. The van der Waals surface area contributed by atoms with Gasteiger partial charge in [-0.2, -0.15) is 5.26 Å². The third-order valence-corrected chi connectivity index (χ3v) is 4.66. The molecule has 0 bridgehead atoms. The van der Waals surface area contributed by atoms with Crippen LogP contribution in [0, 0.1) is 17.2 Å². The predicted octanol–water partition coefficient (Wildman–Crippen LogP) is 4.55. The summed E-state index contributed by atoms with van der Waals surface area (Å²) in [5.41, 5.74) is 1.35. The first-order chi connectivity index (χ1) is 8.81. The third kappa shape index (κ3) is 3.39. The number of likely N-dealkylation sites (tertiary alicyclic amines) is 1. The minimum atomic E-state index is 0.0698. The van der Waals surface area contributed by atoms with E-state index in [1.807, 2.05) is 6.07 Å². The maximum Gasteiger partial charge on any atom is 0.0676 e. The highest BCUT2D eigenvalue weighted by atomic mass is 79.9. The van der Waals surface area contributed by atoms with E-state index in [-0.39, 0.29) is 17.4 Å². The van der Waals surface area contributed by atoms with Crippen LogP contribution in [0.5, 0.6) is 0 Å². The van der Waals surface area contributed by atoms with E-state index in [9.17, 15) is 5.26 Å². The van der Waals surface area contributed by atoms with Gasteiger partial charge in [-0.15, -0.1) is 0 Å². The topological polar surface area (TPSA) is 27.0 Å². The van der Waals surface area contributed by atoms with Crippen LogP contribution in [0.25, 0.3) is 0 Å². The van der Waals surface area contributed by atoms with E-state index in [0.29, 0.717) is 0 Å². The van der Waals surface area contributed by atoms with E-state index < -0.39 is 0 Å². The zero-order valence-electron chi connectivity index (χ0n) is 11.5. The molecule has 0 N–H and O–H groups in total. The van der Waals surface area contributed by atoms with Gasteiger partial charge >= 0.3 is 0 Å². The summed E-state index contributed by atoms with van der Waals surface area (Å²) in [5.74, 6) is 0.360. The van der Waals surface area contributed by atoms with E-state index >= 15 is 0 Å². The lowest BCUT2D eigenvalue weighted by molar-refractivity contribution is 0.170. The summed E-state index contributed by atoms with van der Waals surface area (Å²) in [5, 5.41) is 9.42.